The van der Waals surface area contributed by atoms with E-state index in [4.69, 9.17) is 9.84 Å². The second-order valence-electron chi connectivity index (χ2n) is 4.07. The molecular weight excluding hydrogens is 240 g/mol. The molecule has 7 heteroatoms. The number of nitrogens with zero attached hydrogens (tertiary/aromatic N) is 1. The number of aromatic amines is 1. The number of hydrogen-bond acceptors (Lipinski definition) is 5. The molecule has 0 amide bonds. The topological polar surface area (TPSA) is 105 Å². The molecule has 1 saturated heterocycles. The van der Waals surface area contributed by atoms with E-state index < -0.39 is 35.6 Å². The Morgan fingerprint density at radius 1 is 1.56 bits per heavy atom. The number of aliphatic hydroxyl groups is 2. The summed E-state index contributed by atoms with van der Waals surface area (Å²) in [5.74, 6) is -0.473. The molecule has 2 rings (SSSR count). The summed E-state index contributed by atoms with van der Waals surface area (Å²) in [6, 6.07) is 1.16. The van der Waals surface area contributed by atoms with Crippen molar-refractivity contribution in [1.82, 2.24) is 9.55 Å². The van der Waals surface area contributed by atoms with E-state index in [0.29, 0.717) is 0 Å². The SMILES string of the molecule is C=C[C@@H]1C(CO)O[C@@H](n2ccc(=O)[nH]c2=O)[C@H]1O. The maximum Gasteiger partial charge on any atom is 0.330 e. The summed E-state index contributed by atoms with van der Waals surface area (Å²) >= 11 is 0. The Morgan fingerprint density at radius 3 is 2.78 bits per heavy atom. The van der Waals surface area contributed by atoms with Crippen LogP contribution < -0.4 is 11.2 Å². The first-order valence-corrected chi connectivity index (χ1v) is 5.47. The first-order chi connectivity index (χ1) is 8.58. The molecule has 98 valence electrons. The van der Waals surface area contributed by atoms with Gasteiger partial charge in [0.1, 0.15) is 6.10 Å². The lowest BCUT2D eigenvalue weighted by Gasteiger charge is -2.17. The summed E-state index contributed by atoms with van der Waals surface area (Å²) in [6.07, 6.45) is 0.135. The summed E-state index contributed by atoms with van der Waals surface area (Å²) in [4.78, 5) is 24.6. The van der Waals surface area contributed by atoms with Gasteiger partial charge >= 0.3 is 5.69 Å². The van der Waals surface area contributed by atoms with Gasteiger partial charge in [-0.15, -0.1) is 6.58 Å². The van der Waals surface area contributed by atoms with E-state index in [0.717, 1.165) is 10.6 Å². The molecule has 0 aliphatic carbocycles. The van der Waals surface area contributed by atoms with E-state index in [1.165, 1.54) is 12.3 Å². The molecule has 0 spiro atoms. The lowest BCUT2D eigenvalue weighted by Crippen LogP contribution is -2.35. The van der Waals surface area contributed by atoms with Gasteiger partial charge in [0.15, 0.2) is 6.23 Å². The third-order valence-corrected chi connectivity index (χ3v) is 3.01. The summed E-state index contributed by atoms with van der Waals surface area (Å²) in [5, 5.41) is 19.2. The summed E-state index contributed by atoms with van der Waals surface area (Å²) in [7, 11) is 0. The zero-order valence-electron chi connectivity index (χ0n) is 9.52. The molecule has 7 nitrogen and oxygen atoms in total. The highest BCUT2D eigenvalue weighted by Crippen LogP contribution is 2.33. The van der Waals surface area contributed by atoms with Crippen molar-refractivity contribution in [3.63, 3.8) is 0 Å². The van der Waals surface area contributed by atoms with E-state index in [1.54, 1.807) is 0 Å². The molecule has 1 aliphatic heterocycles. The molecule has 1 unspecified atom stereocenters. The average Bonchev–Trinajstić information content (AvgIpc) is 2.66. The van der Waals surface area contributed by atoms with Gasteiger partial charge in [0, 0.05) is 18.2 Å². The van der Waals surface area contributed by atoms with E-state index in [1.807, 2.05) is 0 Å². The summed E-state index contributed by atoms with van der Waals surface area (Å²) < 4.78 is 6.48. The molecule has 3 N–H and O–H groups in total. The first-order valence-electron chi connectivity index (χ1n) is 5.47. The van der Waals surface area contributed by atoms with Crippen LogP contribution in [0.5, 0.6) is 0 Å². The van der Waals surface area contributed by atoms with Crippen molar-refractivity contribution < 1.29 is 14.9 Å². The Labute approximate surface area is 102 Å². The second kappa shape index (κ2) is 4.89. The Hall–Kier alpha value is -1.70. The smallest absolute Gasteiger partial charge is 0.330 e. The van der Waals surface area contributed by atoms with Gasteiger partial charge in [-0.25, -0.2) is 4.79 Å². The van der Waals surface area contributed by atoms with Crippen LogP contribution in [-0.4, -0.2) is 38.6 Å². The summed E-state index contributed by atoms with van der Waals surface area (Å²) in [6.45, 7) is 3.27. The molecule has 1 aromatic heterocycles. The van der Waals surface area contributed by atoms with Crippen LogP contribution in [-0.2, 0) is 4.74 Å². The van der Waals surface area contributed by atoms with Crippen LogP contribution in [0.4, 0.5) is 0 Å². The van der Waals surface area contributed by atoms with Crippen molar-refractivity contribution in [3.05, 3.63) is 45.8 Å². The number of rotatable bonds is 3. The molecule has 1 aliphatic rings. The average molecular weight is 254 g/mol. The third kappa shape index (κ3) is 2.03. The molecule has 0 radical (unpaired) electrons. The molecule has 1 aromatic rings. The van der Waals surface area contributed by atoms with Crippen LogP contribution in [0, 0.1) is 5.92 Å². The van der Waals surface area contributed by atoms with Gasteiger partial charge in [0.2, 0.25) is 0 Å². The molecular formula is C11H14N2O5. The fourth-order valence-electron chi connectivity index (χ4n) is 2.07. The van der Waals surface area contributed by atoms with Crippen molar-refractivity contribution >= 4 is 0 Å². The Bertz CT molecular complexity index is 549. The van der Waals surface area contributed by atoms with Crippen molar-refractivity contribution in [2.24, 2.45) is 5.92 Å². The maximum atomic E-state index is 11.6. The third-order valence-electron chi connectivity index (χ3n) is 3.01. The zero-order valence-corrected chi connectivity index (χ0v) is 9.52. The predicted octanol–water partition coefficient (Wildman–Crippen LogP) is -1.41. The molecule has 2 heterocycles. The second-order valence-corrected chi connectivity index (χ2v) is 4.07. The van der Waals surface area contributed by atoms with Gasteiger partial charge in [-0.2, -0.15) is 0 Å². The Balaban J connectivity index is 2.37. The largest absolute Gasteiger partial charge is 0.394 e. The van der Waals surface area contributed by atoms with Gasteiger partial charge in [0.25, 0.3) is 5.56 Å². The fourth-order valence-corrected chi connectivity index (χ4v) is 2.07. The number of aliphatic hydroxyl groups excluding tert-OH is 2. The zero-order chi connectivity index (χ0) is 13.3. The standard InChI is InChI=1S/C11H14N2O5/c1-2-6-7(5-14)18-10(9(6)16)13-4-3-8(15)12-11(13)17/h2-4,6-7,9-10,14,16H,1,5H2,(H,12,15,17)/t6-,7?,9+,10-/m1/s1. The van der Waals surface area contributed by atoms with E-state index in [2.05, 4.69) is 11.6 Å². The normalized spacial score (nSPS) is 31.4. The Morgan fingerprint density at radius 2 is 2.28 bits per heavy atom. The molecule has 18 heavy (non-hydrogen) atoms. The van der Waals surface area contributed by atoms with Crippen molar-refractivity contribution in [2.45, 2.75) is 18.4 Å². The van der Waals surface area contributed by atoms with Gasteiger partial charge in [-0.1, -0.05) is 6.08 Å². The van der Waals surface area contributed by atoms with Crippen LogP contribution in [0.25, 0.3) is 0 Å². The molecule has 1 fully saturated rings. The molecule has 0 bridgehead atoms. The Kier molecular flexibility index (Phi) is 3.46. The van der Waals surface area contributed by atoms with E-state index >= 15 is 0 Å². The highest BCUT2D eigenvalue weighted by molar-refractivity contribution is 4.99. The van der Waals surface area contributed by atoms with Crippen LogP contribution in [0.1, 0.15) is 6.23 Å². The van der Waals surface area contributed by atoms with Crippen LogP contribution >= 0.6 is 0 Å². The van der Waals surface area contributed by atoms with Crippen LogP contribution in [0.3, 0.4) is 0 Å². The quantitative estimate of drug-likeness (QED) is 0.575. The molecule has 4 atom stereocenters. The summed E-state index contributed by atoms with van der Waals surface area (Å²) in [5.41, 5.74) is -1.20. The minimum Gasteiger partial charge on any atom is -0.394 e. The highest BCUT2D eigenvalue weighted by atomic mass is 16.5. The minimum absolute atomic E-state index is 0.289. The number of nitrogens with one attached hydrogen (secondary N) is 1. The maximum absolute atomic E-state index is 11.6. The highest BCUT2D eigenvalue weighted by Gasteiger charge is 2.42. The van der Waals surface area contributed by atoms with E-state index in [-0.39, 0.29) is 6.61 Å². The lowest BCUT2D eigenvalue weighted by molar-refractivity contribution is -0.0533. The molecule has 0 saturated carbocycles. The number of aromatic nitrogens is 2. The van der Waals surface area contributed by atoms with Gasteiger partial charge in [-0.3, -0.25) is 14.3 Å². The van der Waals surface area contributed by atoms with Crippen molar-refractivity contribution in [3.8, 4) is 0 Å². The van der Waals surface area contributed by atoms with Crippen LogP contribution in [0.15, 0.2) is 34.5 Å². The lowest BCUT2D eigenvalue weighted by atomic mass is 9.99. The minimum atomic E-state index is -1.01. The fraction of sp³-hybridized carbons (Fsp3) is 0.455. The predicted molar refractivity (Wildman–Crippen MR) is 62.0 cm³/mol. The number of H-pyrrole nitrogens is 1. The number of ether oxygens (including phenoxy) is 1. The molecule has 0 aromatic carbocycles. The first kappa shape index (κ1) is 12.7. The number of hydrogen-bond donors (Lipinski definition) is 3. The van der Waals surface area contributed by atoms with Gasteiger partial charge in [-0.05, 0) is 0 Å². The van der Waals surface area contributed by atoms with E-state index in [9.17, 15) is 14.7 Å². The monoisotopic (exact) mass is 254 g/mol. The van der Waals surface area contributed by atoms with Crippen molar-refractivity contribution in [2.75, 3.05) is 6.61 Å². The van der Waals surface area contributed by atoms with Gasteiger partial charge in [0.05, 0.1) is 12.7 Å². The van der Waals surface area contributed by atoms with Crippen molar-refractivity contribution in [1.29, 1.82) is 0 Å². The van der Waals surface area contributed by atoms with Crippen LogP contribution in [0.2, 0.25) is 0 Å². The van der Waals surface area contributed by atoms with Gasteiger partial charge < -0.3 is 14.9 Å².